The zero-order chi connectivity index (χ0) is 14.6. The zero-order valence-corrected chi connectivity index (χ0v) is 11.4. The van der Waals surface area contributed by atoms with Crippen LogP contribution in [0, 0.1) is 12.3 Å². The Morgan fingerprint density at radius 3 is 2.58 bits per heavy atom. The van der Waals surface area contributed by atoms with Crippen molar-refractivity contribution in [3.8, 4) is 5.88 Å². The van der Waals surface area contributed by atoms with E-state index in [9.17, 15) is 9.59 Å². The van der Waals surface area contributed by atoms with Crippen LogP contribution in [0.2, 0.25) is 0 Å². The molecule has 1 heterocycles. The van der Waals surface area contributed by atoms with Crippen molar-refractivity contribution in [3.63, 3.8) is 0 Å². The minimum absolute atomic E-state index is 0.100. The minimum Gasteiger partial charge on any atom is -0.481 e. The van der Waals surface area contributed by atoms with Gasteiger partial charge in [-0.2, -0.15) is 4.98 Å². The number of hydrogen-bond donors (Lipinski definition) is 2. The maximum atomic E-state index is 11.7. The van der Waals surface area contributed by atoms with Crippen LogP contribution in [0.4, 0.5) is 5.95 Å². The van der Waals surface area contributed by atoms with Crippen LogP contribution in [0.1, 0.15) is 26.0 Å². The summed E-state index contributed by atoms with van der Waals surface area (Å²) < 4.78 is 4.96. The molecule has 1 amide bonds. The van der Waals surface area contributed by atoms with Gasteiger partial charge >= 0.3 is 5.97 Å². The molecule has 1 rings (SSSR count). The predicted molar refractivity (Wildman–Crippen MR) is 68.0 cm³/mol. The highest BCUT2D eigenvalue weighted by atomic mass is 16.5. The SMILES string of the molecule is COc1cc(C)nc(NC(=O)CC(C)(C)C(=O)O)n1. The van der Waals surface area contributed by atoms with E-state index < -0.39 is 17.3 Å². The summed E-state index contributed by atoms with van der Waals surface area (Å²) >= 11 is 0. The lowest BCUT2D eigenvalue weighted by Crippen LogP contribution is -2.30. The average Bonchev–Trinajstić information content (AvgIpc) is 2.26. The number of nitrogens with zero attached hydrogens (tertiary/aromatic N) is 2. The number of ether oxygens (including phenoxy) is 1. The lowest BCUT2D eigenvalue weighted by atomic mass is 9.89. The van der Waals surface area contributed by atoms with Gasteiger partial charge in [0.15, 0.2) is 0 Å². The van der Waals surface area contributed by atoms with Crippen molar-refractivity contribution in [2.75, 3.05) is 12.4 Å². The molecule has 0 atom stereocenters. The molecular weight excluding hydrogens is 250 g/mol. The van der Waals surface area contributed by atoms with Gasteiger partial charge < -0.3 is 9.84 Å². The first-order valence-electron chi connectivity index (χ1n) is 5.67. The van der Waals surface area contributed by atoms with Crippen LogP contribution < -0.4 is 10.1 Å². The second-order valence-electron chi connectivity index (χ2n) is 4.79. The van der Waals surface area contributed by atoms with Crippen LogP contribution >= 0.6 is 0 Å². The Kier molecular flexibility index (Phi) is 4.42. The van der Waals surface area contributed by atoms with Crippen molar-refractivity contribution in [3.05, 3.63) is 11.8 Å². The van der Waals surface area contributed by atoms with Gasteiger partial charge in [0.25, 0.3) is 0 Å². The third-order valence-corrected chi connectivity index (χ3v) is 2.47. The number of rotatable bonds is 5. The van der Waals surface area contributed by atoms with Gasteiger partial charge in [-0.15, -0.1) is 0 Å². The van der Waals surface area contributed by atoms with E-state index in [-0.39, 0.29) is 12.4 Å². The number of amides is 1. The molecule has 19 heavy (non-hydrogen) atoms. The summed E-state index contributed by atoms with van der Waals surface area (Å²) in [6.07, 6.45) is -0.165. The molecule has 0 aromatic carbocycles. The molecule has 2 N–H and O–H groups in total. The largest absolute Gasteiger partial charge is 0.481 e. The van der Waals surface area contributed by atoms with Crippen molar-refractivity contribution in [1.82, 2.24) is 9.97 Å². The molecule has 104 valence electrons. The fourth-order valence-electron chi connectivity index (χ4n) is 1.35. The van der Waals surface area contributed by atoms with E-state index in [0.717, 1.165) is 0 Å². The highest BCUT2D eigenvalue weighted by molar-refractivity contribution is 5.92. The number of anilines is 1. The Balaban J connectivity index is 2.77. The molecular formula is C12H17N3O4. The third kappa shape index (κ3) is 4.20. The van der Waals surface area contributed by atoms with Gasteiger partial charge in [-0.3, -0.25) is 14.9 Å². The molecule has 0 bridgehead atoms. The van der Waals surface area contributed by atoms with Gasteiger partial charge in [0.1, 0.15) is 0 Å². The van der Waals surface area contributed by atoms with Crippen LogP contribution in [0.5, 0.6) is 5.88 Å². The number of nitrogens with one attached hydrogen (secondary N) is 1. The maximum Gasteiger partial charge on any atom is 0.309 e. The Morgan fingerprint density at radius 1 is 1.42 bits per heavy atom. The van der Waals surface area contributed by atoms with Gasteiger partial charge in [0.05, 0.1) is 12.5 Å². The highest BCUT2D eigenvalue weighted by Crippen LogP contribution is 2.21. The van der Waals surface area contributed by atoms with Crippen molar-refractivity contribution in [2.24, 2.45) is 5.41 Å². The first-order valence-corrected chi connectivity index (χ1v) is 5.67. The summed E-state index contributed by atoms with van der Waals surface area (Å²) in [6, 6.07) is 1.62. The number of aryl methyl sites for hydroxylation is 1. The van der Waals surface area contributed by atoms with Crippen LogP contribution in [0.15, 0.2) is 6.07 Å². The summed E-state index contributed by atoms with van der Waals surface area (Å²) in [5.74, 6) is -1.06. The molecule has 0 saturated heterocycles. The fraction of sp³-hybridized carbons (Fsp3) is 0.500. The molecule has 1 aromatic heterocycles. The molecule has 7 nitrogen and oxygen atoms in total. The number of carboxylic acid groups (broad SMARTS) is 1. The molecule has 1 aromatic rings. The summed E-state index contributed by atoms with van der Waals surface area (Å²) in [6.45, 7) is 4.69. The normalized spacial score (nSPS) is 10.9. The number of methoxy groups -OCH3 is 1. The monoisotopic (exact) mass is 267 g/mol. The average molecular weight is 267 g/mol. The van der Waals surface area contributed by atoms with E-state index in [1.807, 2.05) is 0 Å². The van der Waals surface area contributed by atoms with E-state index >= 15 is 0 Å². The van der Waals surface area contributed by atoms with Crippen molar-refractivity contribution in [2.45, 2.75) is 27.2 Å². The Morgan fingerprint density at radius 2 is 2.05 bits per heavy atom. The van der Waals surface area contributed by atoms with E-state index in [2.05, 4.69) is 15.3 Å². The van der Waals surface area contributed by atoms with Crippen LogP contribution in [-0.2, 0) is 9.59 Å². The molecule has 7 heteroatoms. The van der Waals surface area contributed by atoms with Gasteiger partial charge in [0.2, 0.25) is 17.7 Å². The molecule has 0 radical (unpaired) electrons. The molecule has 0 unspecified atom stereocenters. The second kappa shape index (κ2) is 5.64. The maximum absolute atomic E-state index is 11.7. The predicted octanol–water partition coefficient (Wildman–Crippen LogP) is 1.23. The van der Waals surface area contributed by atoms with Crippen LogP contribution in [0.25, 0.3) is 0 Å². The van der Waals surface area contributed by atoms with Gasteiger partial charge in [0, 0.05) is 18.2 Å². The van der Waals surface area contributed by atoms with E-state index in [1.54, 1.807) is 13.0 Å². The molecule has 0 aliphatic carbocycles. The smallest absolute Gasteiger partial charge is 0.309 e. The summed E-state index contributed by atoms with van der Waals surface area (Å²) in [7, 11) is 1.46. The quantitative estimate of drug-likeness (QED) is 0.832. The van der Waals surface area contributed by atoms with Gasteiger partial charge in [-0.05, 0) is 20.8 Å². The minimum atomic E-state index is -1.14. The Bertz CT molecular complexity index is 500. The molecule has 0 spiro atoms. The molecule has 0 aliphatic rings. The first kappa shape index (κ1) is 14.9. The summed E-state index contributed by atoms with van der Waals surface area (Å²) in [5.41, 5.74) is -0.502. The number of carbonyl (C=O) groups is 2. The number of aliphatic carboxylic acids is 1. The van der Waals surface area contributed by atoms with Crippen molar-refractivity contribution >= 4 is 17.8 Å². The van der Waals surface area contributed by atoms with Gasteiger partial charge in [-0.25, -0.2) is 4.98 Å². The standard InChI is InChI=1S/C12H17N3O4/c1-7-5-9(19-4)15-11(13-7)14-8(16)6-12(2,3)10(17)18/h5H,6H2,1-4H3,(H,17,18)(H,13,14,15,16). The Labute approximate surface area is 111 Å². The van der Waals surface area contributed by atoms with Gasteiger partial charge in [-0.1, -0.05) is 0 Å². The lowest BCUT2D eigenvalue weighted by molar-refractivity contribution is -0.148. The van der Waals surface area contributed by atoms with E-state index in [0.29, 0.717) is 11.6 Å². The summed E-state index contributed by atoms with van der Waals surface area (Å²) in [4.78, 5) is 30.7. The van der Waals surface area contributed by atoms with Crippen LogP contribution in [0.3, 0.4) is 0 Å². The topological polar surface area (TPSA) is 101 Å². The number of carboxylic acids is 1. The van der Waals surface area contributed by atoms with E-state index in [1.165, 1.54) is 21.0 Å². The van der Waals surface area contributed by atoms with Crippen LogP contribution in [-0.4, -0.2) is 34.1 Å². The number of aromatic nitrogens is 2. The fourth-order valence-corrected chi connectivity index (χ4v) is 1.35. The number of hydrogen-bond acceptors (Lipinski definition) is 5. The zero-order valence-electron chi connectivity index (χ0n) is 11.4. The van der Waals surface area contributed by atoms with E-state index in [4.69, 9.17) is 9.84 Å². The highest BCUT2D eigenvalue weighted by Gasteiger charge is 2.30. The molecule has 0 saturated carbocycles. The number of carbonyl (C=O) groups excluding carboxylic acids is 1. The first-order chi connectivity index (χ1) is 8.74. The molecule has 0 fully saturated rings. The lowest BCUT2D eigenvalue weighted by Gasteiger charge is -2.17. The third-order valence-electron chi connectivity index (χ3n) is 2.47. The second-order valence-corrected chi connectivity index (χ2v) is 4.79. The molecule has 0 aliphatic heterocycles. The van der Waals surface area contributed by atoms with Crippen molar-refractivity contribution < 1.29 is 19.4 Å². The summed E-state index contributed by atoms with van der Waals surface area (Å²) in [5, 5.41) is 11.4. The Hall–Kier alpha value is -2.18. The van der Waals surface area contributed by atoms with Crippen molar-refractivity contribution in [1.29, 1.82) is 0 Å².